The lowest BCUT2D eigenvalue weighted by atomic mass is 9.82. The van der Waals surface area contributed by atoms with Gasteiger partial charge in [-0.1, -0.05) is 26.0 Å². The third-order valence-electron chi connectivity index (χ3n) is 3.96. The summed E-state index contributed by atoms with van der Waals surface area (Å²) < 4.78 is 9.85. The number of nitrogens with zero attached hydrogens (tertiary/aromatic N) is 1. The van der Waals surface area contributed by atoms with Crippen molar-refractivity contribution in [3.8, 4) is 0 Å². The van der Waals surface area contributed by atoms with E-state index in [1.807, 2.05) is 26.0 Å². The molecular weight excluding hydrogens is 274 g/mol. The lowest BCUT2D eigenvalue weighted by molar-refractivity contribution is -0.148. The third kappa shape index (κ3) is 2.80. The second kappa shape index (κ2) is 5.87. The summed E-state index contributed by atoms with van der Waals surface area (Å²) >= 11 is 0. The summed E-state index contributed by atoms with van der Waals surface area (Å²) in [5.74, 6) is -0.754. The fraction of sp³-hybridized carbons (Fsp3) is 0.667. The molecule has 1 aliphatic heterocycles. The van der Waals surface area contributed by atoms with E-state index in [2.05, 4.69) is 0 Å². The van der Waals surface area contributed by atoms with Crippen LogP contribution in [0.4, 0.5) is 4.79 Å². The summed E-state index contributed by atoms with van der Waals surface area (Å²) in [5.41, 5.74) is -0.685. The number of amides is 2. The number of carbonyl (C=O) groups excluding carboxylic acids is 3. The average molecular weight is 295 g/mol. The fourth-order valence-corrected chi connectivity index (χ4v) is 2.83. The van der Waals surface area contributed by atoms with Gasteiger partial charge < -0.3 is 9.47 Å². The topological polar surface area (TPSA) is 72.9 Å². The number of imide groups is 1. The summed E-state index contributed by atoms with van der Waals surface area (Å²) in [5, 5.41) is 0. The van der Waals surface area contributed by atoms with Crippen LogP contribution in [-0.2, 0) is 19.1 Å². The molecule has 1 heterocycles. The smallest absolute Gasteiger partial charge is 0.417 e. The van der Waals surface area contributed by atoms with Crippen molar-refractivity contribution >= 4 is 18.0 Å². The third-order valence-corrected chi connectivity index (χ3v) is 3.96. The van der Waals surface area contributed by atoms with Crippen LogP contribution in [0, 0.1) is 11.3 Å². The number of esters is 1. The summed E-state index contributed by atoms with van der Waals surface area (Å²) in [7, 11) is 1.25. The maximum atomic E-state index is 12.6. The predicted molar refractivity (Wildman–Crippen MR) is 74.3 cm³/mol. The van der Waals surface area contributed by atoms with Gasteiger partial charge in [0.15, 0.2) is 0 Å². The fourth-order valence-electron chi connectivity index (χ4n) is 2.83. The predicted octanol–water partition coefficient (Wildman–Crippen LogP) is 1.89. The molecule has 0 aromatic heterocycles. The molecule has 1 aliphatic carbocycles. The van der Waals surface area contributed by atoms with Crippen LogP contribution in [-0.4, -0.2) is 42.6 Å². The molecule has 21 heavy (non-hydrogen) atoms. The number of likely N-dealkylation sites (tertiary alicyclic amines) is 1. The Bertz CT molecular complexity index is 474. The van der Waals surface area contributed by atoms with E-state index in [-0.39, 0.29) is 18.4 Å². The normalized spacial score (nSPS) is 23.1. The minimum Gasteiger partial charge on any atom is -0.467 e. The second-order valence-corrected chi connectivity index (χ2v) is 6.05. The van der Waals surface area contributed by atoms with Crippen molar-refractivity contribution in [1.82, 2.24) is 4.90 Å². The molecule has 1 fully saturated rings. The first-order valence-corrected chi connectivity index (χ1v) is 7.14. The largest absolute Gasteiger partial charge is 0.467 e. The van der Waals surface area contributed by atoms with Crippen LogP contribution >= 0.6 is 0 Å². The zero-order valence-corrected chi connectivity index (χ0v) is 12.6. The molecule has 2 aliphatic rings. The van der Waals surface area contributed by atoms with Crippen molar-refractivity contribution in [1.29, 1.82) is 0 Å². The lowest BCUT2D eigenvalue weighted by Gasteiger charge is -2.22. The van der Waals surface area contributed by atoms with Crippen LogP contribution in [0.3, 0.4) is 0 Å². The Morgan fingerprint density at radius 3 is 2.52 bits per heavy atom. The maximum Gasteiger partial charge on any atom is 0.417 e. The van der Waals surface area contributed by atoms with Crippen LogP contribution in [0.5, 0.6) is 0 Å². The average Bonchev–Trinajstić information content (AvgIpc) is 3.03. The van der Waals surface area contributed by atoms with Gasteiger partial charge in [-0.25, -0.2) is 14.5 Å². The van der Waals surface area contributed by atoms with Gasteiger partial charge in [0.25, 0.3) is 0 Å². The summed E-state index contributed by atoms with van der Waals surface area (Å²) in [6.45, 7) is 4.01. The van der Waals surface area contributed by atoms with Crippen LogP contribution in [0.2, 0.25) is 0 Å². The van der Waals surface area contributed by atoms with Gasteiger partial charge in [0.05, 0.1) is 19.1 Å². The molecule has 1 spiro atoms. The van der Waals surface area contributed by atoms with Crippen molar-refractivity contribution in [3.63, 3.8) is 0 Å². The summed E-state index contributed by atoms with van der Waals surface area (Å²) in [6.07, 6.45) is 4.46. The van der Waals surface area contributed by atoms with E-state index in [4.69, 9.17) is 9.47 Å². The van der Waals surface area contributed by atoms with E-state index in [9.17, 15) is 14.4 Å². The lowest BCUT2D eigenvalue weighted by Crippen LogP contribution is -2.45. The van der Waals surface area contributed by atoms with E-state index in [1.54, 1.807) is 0 Å². The first kappa shape index (κ1) is 15.5. The van der Waals surface area contributed by atoms with Gasteiger partial charge in [0.1, 0.15) is 6.04 Å². The summed E-state index contributed by atoms with van der Waals surface area (Å²) in [6, 6.07) is -0.887. The Morgan fingerprint density at radius 1 is 1.38 bits per heavy atom. The molecule has 116 valence electrons. The van der Waals surface area contributed by atoms with Crippen LogP contribution in [0.1, 0.15) is 33.1 Å². The Labute approximate surface area is 124 Å². The number of carbonyl (C=O) groups is 3. The highest BCUT2D eigenvalue weighted by atomic mass is 16.6. The highest BCUT2D eigenvalue weighted by Crippen LogP contribution is 2.46. The molecule has 1 unspecified atom stereocenters. The monoisotopic (exact) mass is 295 g/mol. The van der Waals surface area contributed by atoms with Gasteiger partial charge in [-0.15, -0.1) is 0 Å². The Hall–Kier alpha value is -1.85. The zero-order valence-electron chi connectivity index (χ0n) is 12.6. The van der Waals surface area contributed by atoms with Crippen LogP contribution in [0.15, 0.2) is 12.2 Å². The molecule has 0 saturated carbocycles. The second-order valence-electron chi connectivity index (χ2n) is 6.05. The molecule has 0 bridgehead atoms. The molecule has 1 atom stereocenters. The number of allylic oxidation sites excluding steroid dienone is 2. The van der Waals surface area contributed by atoms with E-state index >= 15 is 0 Å². The SMILES string of the molecule is COC(=O)C1CC2(CC=CC2)C(=O)N1C(=O)OCC(C)C. The minimum atomic E-state index is -0.887. The molecular formula is C15H21NO5. The van der Waals surface area contributed by atoms with Crippen molar-refractivity contribution in [3.05, 3.63) is 12.2 Å². The van der Waals surface area contributed by atoms with Crippen molar-refractivity contribution < 1.29 is 23.9 Å². The van der Waals surface area contributed by atoms with Gasteiger partial charge in [0, 0.05) is 0 Å². The number of hydrogen-bond donors (Lipinski definition) is 0. The molecule has 0 aromatic carbocycles. The van der Waals surface area contributed by atoms with E-state index in [1.165, 1.54) is 7.11 Å². The highest BCUT2D eigenvalue weighted by molar-refractivity contribution is 6.02. The zero-order chi connectivity index (χ0) is 15.6. The standard InChI is InChI=1S/C15H21NO5/c1-10(2)9-21-14(19)16-11(12(17)20-3)8-15(13(16)18)6-4-5-7-15/h4-5,10-11H,6-9H2,1-3H3. The van der Waals surface area contributed by atoms with Crippen LogP contribution < -0.4 is 0 Å². The summed E-state index contributed by atoms with van der Waals surface area (Å²) in [4.78, 5) is 37.7. The minimum absolute atomic E-state index is 0.158. The van der Waals surface area contributed by atoms with E-state index in [0.29, 0.717) is 19.3 Å². The number of ether oxygens (including phenoxy) is 2. The van der Waals surface area contributed by atoms with Gasteiger partial charge in [0.2, 0.25) is 5.91 Å². The number of methoxy groups -OCH3 is 1. The van der Waals surface area contributed by atoms with Crippen LogP contribution in [0.25, 0.3) is 0 Å². The first-order chi connectivity index (χ1) is 9.91. The van der Waals surface area contributed by atoms with Crippen molar-refractivity contribution in [2.75, 3.05) is 13.7 Å². The van der Waals surface area contributed by atoms with Gasteiger partial charge in [-0.3, -0.25) is 4.79 Å². The molecule has 6 nitrogen and oxygen atoms in total. The Morgan fingerprint density at radius 2 is 2.00 bits per heavy atom. The van der Waals surface area contributed by atoms with Gasteiger partial charge >= 0.3 is 12.1 Å². The quantitative estimate of drug-likeness (QED) is 0.587. The number of hydrogen-bond acceptors (Lipinski definition) is 5. The van der Waals surface area contributed by atoms with E-state index in [0.717, 1.165) is 4.90 Å². The van der Waals surface area contributed by atoms with Gasteiger partial charge in [-0.05, 0) is 25.2 Å². The molecule has 0 N–H and O–H groups in total. The number of rotatable bonds is 3. The first-order valence-electron chi connectivity index (χ1n) is 7.14. The molecule has 1 saturated heterocycles. The van der Waals surface area contributed by atoms with Gasteiger partial charge in [-0.2, -0.15) is 0 Å². The Balaban J connectivity index is 2.20. The Kier molecular flexibility index (Phi) is 4.34. The molecule has 0 radical (unpaired) electrons. The maximum absolute atomic E-state index is 12.6. The molecule has 2 amide bonds. The molecule has 0 aromatic rings. The van der Waals surface area contributed by atoms with Crippen molar-refractivity contribution in [2.45, 2.75) is 39.2 Å². The molecule has 2 rings (SSSR count). The van der Waals surface area contributed by atoms with E-state index < -0.39 is 23.5 Å². The van der Waals surface area contributed by atoms with Crippen molar-refractivity contribution in [2.24, 2.45) is 11.3 Å². The highest BCUT2D eigenvalue weighted by Gasteiger charge is 2.57. The molecule has 6 heteroatoms.